The minimum absolute atomic E-state index is 0.0436. The number of carbonyl (C=O) groups excluding carboxylic acids is 1. The molecule has 27 heavy (non-hydrogen) atoms. The molecule has 0 unspecified atom stereocenters. The van der Waals surface area contributed by atoms with Gasteiger partial charge in [-0.3, -0.25) is 9.69 Å². The second kappa shape index (κ2) is 7.17. The third-order valence-corrected chi connectivity index (χ3v) is 5.55. The van der Waals surface area contributed by atoms with Crippen molar-refractivity contribution >= 4 is 67.6 Å². The van der Waals surface area contributed by atoms with Crippen LogP contribution >= 0.6 is 39.9 Å². The van der Waals surface area contributed by atoms with Gasteiger partial charge in [-0.25, -0.2) is 0 Å². The Morgan fingerprint density at radius 1 is 1.26 bits per heavy atom. The molecular weight excluding hydrogens is 465 g/mol. The summed E-state index contributed by atoms with van der Waals surface area (Å²) in [5.41, 5.74) is 5.51. The molecule has 0 spiro atoms. The minimum atomic E-state index is -4.53. The summed E-state index contributed by atoms with van der Waals surface area (Å²) in [6, 6.07) is 7.44. The molecule has 2 aromatic carbocycles. The van der Waals surface area contributed by atoms with E-state index in [1.54, 1.807) is 6.07 Å². The number of phenols is 1. The van der Waals surface area contributed by atoms with Crippen molar-refractivity contribution < 1.29 is 23.1 Å². The van der Waals surface area contributed by atoms with Crippen molar-refractivity contribution in [3.8, 4) is 5.75 Å². The maximum Gasteiger partial charge on any atom is 0.416 e. The van der Waals surface area contributed by atoms with Gasteiger partial charge in [-0.05, 0) is 57.9 Å². The Labute approximate surface area is 170 Å². The molecule has 1 aliphatic rings. The van der Waals surface area contributed by atoms with Gasteiger partial charge in [0.1, 0.15) is 0 Å². The molecule has 10 heteroatoms. The molecule has 3 rings (SSSR count). The third kappa shape index (κ3) is 3.97. The van der Waals surface area contributed by atoms with Crippen molar-refractivity contribution in [3.63, 3.8) is 0 Å². The molecule has 1 aliphatic heterocycles. The molecule has 0 radical (unpaired) electrons. The number of nitrogens with two attached hydrogens (primary N) is 1. The Kier molecular flexibility index (Phi) is 5.24. The molecule has 3 N–H and O–H groups in total. The Hall–Kier alpha value is -2.04. The smallest absolute Gasteiger partial charge is 0.416 e. The highest BCUT2D eigenvalue weighted by Crippen LogP contribution is 2.39. The SMILES string of the molecule is Nc1cc(/C=C2\SC(=S)N(c3cccc(C(F)(F)F)c3)C2=O)cc(Br)c1O. The zero-order valence-corrected chi connectivity index (χ0v) is 16.5. The summed E-state index contributed by atoms with van der Waals surface area (Å²) in [6.07, 6.45) is -3.02. The number of anilines is 2. The van der Waals surface area contributed by atoms with E-state index in [2.05, 4.69) is 15.9 Å². The lowest BCUT2D eigenvalue weighted by molar-refractivity contribution is -0.137. The van der Waals surface area contributed by atoms with E-state index in [0.717, 1.165) is 28.8 Å². The topological polar surface area (TPSA) is 66.6 Å². The summed E-state index contributed by atoms with van der Waals surface area (Å²) < 4.78 is 39.3. The Morgan fingerprint density at radius 3 is 2.59 bits per heavy atom. The fraction of sp³-hybridized carbons (Fsp3) is 0.0588. The fourth-order valence-corrected chi connectivity index (χ4v) is 4.18. The van der Waals surface area contributed by atoms with Crippen molar-refractivity contribution in [2.75, 3.05) is 10.6 Å². The van der Waals surface area contributed by atoms with Crippen LogP contribution in [0, 0.1) is 0 Å². The number of phenolic OH excluding ortho intramolecular Hbond substituents is 1. The molecule has 0 aliphatic carbocycles. The molecule has 1 heterocycles. The first-order valence-corrected chi connectivity index (χ1v) is 9.33. The van der Waals surface area contributed by atoms with Gasteiger partial charge in [0.15, 0.2) is 10.1 Å². The number of nitrogen functional groups attached to an aromatic ring is 1. The molecule has 0 aromatic heterocycles. The number of halogens is 4. The maximum atomic E-state index is 12.9. The molecular formula is C17H10BrF3N2O2S2. The first kappa shape index (κ1) is 19.7. The Bertz CT molecular complexity index is 969. The van der Waals surface area contributed by atoms with E-state index in [1.807, 2.05) is 0 Å². The van der Waals surface area contributed by atoms with Gasteiger partial charge in [-0.2, -0.15) is 13.2 Å². The van der Waals surface area contributed by atoms with Gasteiger partial charge in [0.2, 0.25) is 0 Å². The number of rotatable bonds is 2. The highest BCUT2D eigenvalue weighted by molar-refractivity contribution is 9.10. The van der Waals surface area contributed by atoms with Crippen LogP contribution in [0.4, 0.5) is 24.5 Å². The normalized spacial score (nSPS) is 16.4. The lowest BCUT2D eigenvalue weighted by Crippen LogP contribution is -2.27. The molecule has 0 bridgehead atoms. The Morgan fingerprint density at radius 2 is 1.96 bits per heavy atom. The zero-order valence-electron chi connectivity index (χ0n) is 13.2. The molecule has 140 valence electrons. The van der Waals surface area contributed by atoms with Crippen LogP contribution in [0.25, 0.3) is 6.08 Å². The second-order valence-corrected chi connectivity index (χ2v) is 8.04. The zero-order chi connectivity index (χ0) is 19.9. The van der Waals surface area contributed by atoms with E-state index in [0.29, 0.717) is 10.0 Å². The summed E-state index contributed by atoms with van der Waals surface area (Å²) in [5.74, 6) is -0.657. The van der Waals surface area contributed by atoms with E-state index in [-0.39, 0.29) is 26.3 Å². The molecule has 2 aromatic rings. The second-order valence-electron chi connectivity index (χ2n) is 5.51. The summed E-state index contributed by atoms with van der Waals surface area (Å²) in [7, 11) is 0. The van der Waals surface area contributed by atoms with E-state index >= 15 is 0 Å². The number of benzene rings is 2. The van der Waals surface area contributed by atoms with Crippen LogP contribution < -0.4 is 10.6 Å². The molecule has 1 fully saturated rings. The van der Waals surface area contributed by atoms with Crippen molar-refractivity contribution in [2.24, 2.45) is 0 Å². The van der Waals surface area contributed by atoms with Crippen LogP contribution in [0.1, 0.15) is 11.1 Å². The average Bonchev–Trinajstić information content (AvgIpc) is 2.85. The van der Waals surface area contributed by atoms with Crippen molar-refractivity contribution in [3.05, 3.63) is 56.9 Å². The number of alkyl halides is 3. The Balaban J connectivity index is 1.97. The predicted octanol–water partition coefficient (Wildman–Crippen LogP) is 5.16. The number of carbonyl (C=O) groups is 1. The highest BCUT2D eigenvalue weighted by Gasteiger charge is 2.36. The third-order valence-electron chi connectivity index (χ3n) is 3.64. The van der Waals surface area contributed by atoms with Crippen LogP contribution in [-0.2, 0) is 11.0 Å². The maximum absolute atomic E-state index is 12.9. The number of aromatic hydroxyl groups is 1. The van der Waals surface area contributed by atoms with Gasteiger partial charge in [0, 0.05) is 0 Å². The molecule has 0 atom stereocenters. The van der Waals surface area contributed by atoms with Gasteiger partial charge in [-0.15, -0.1) is 0 Å². The number of nitrogens with zero attached hydrogens (tertiary/aromatic N) is 1. The number of thiocarbonyl (C=S) groups is 1. The van der Waals surface area contributed by atoms with Crippen molar-refractivity contribution in [1.82, 2.24) is 0 Å². The van der Waals surface area contributed by atoms with Gasteiger partial charge in [-0.1, -0.05) is 30.0 Å². The summed E-state index contributed by atoms with van der Waals surface area (Å²) in [6.45, 7) is 0. The quantitative estimate of drug-likeness (QED) is 0.272. The monoisotopic (exact) mass is 474 g/mol. The molecule has 0 saturated carbocycles. The first-order chi connectivity index (χ1) is 12.6. The number of amides is 1. The van der Waals surface area contributed by atoms with Gasteiger partial charge < -0.3 is 10.8 Å². The van der Waals surface area contributed by atoms with Crippen LogP contribution in [-0.4, -0.2) is 15.3 Å². The van der Waals surface area contributed by atoms with Crippen molar-refractivity contribution in [1.29, 1.82) is 0 Å². The van der Waals surface area contributed by atoms with E-state index in [4.69, 9.17) is 18.0 Å². The largest absolute Gasteiger partial charge is 0.505 e. The summed E-state index contributed by atoms with van der Waals surface area (Å²) in [5, 5.41) is 9.68. The minimum Gasteiger partial charge on any atom is -0.505 e. The lowest BCUT2D eigenvalue weighted by atomic mass is 10.1. The summed E-state index contributed by atoms with van der Waals surface area (Å²) >= 11 is 9.30. The molecule has 1 amide bonds. The molecule has 1 saturated heterocycles. The number of hydrogen-bond acceptors (Lipinski definition) is 5. The fourth-order valence-electron chi connectivity index (χ4n) is 2.39. The predicted molar refractivity (Wildman–Crippen MR) is 107 cm³/mol. The van der Waals surface area contributed by atoms with Crippen molar-refractivity contribution in [2.45, 2.75) is 6.18 Å². The van der Waals surface area contributed by atoms with Crippen LogP contribution in [0.3, 0.4) is 0 Å². The van der Waals surface area contributed by atoms with E-state index in [1.165, 1.54) is 24.3 Å². The average molecular weight is 475 g/mol. The standard InChI is InChI=1S/C17H10BrF3N2O2S2/c18-11-4-8(5-12(22)14(11)24)6-13-15(25)23(16(26)27-13)10-3-1-2-9(7-10)17(19,20)21/h1-7,24H,22H2/b13-6-. The van der Waals surface area contributed by atoms with E-state index in [9.17, 15) is 23.1 Å². The van der Waals surface area contributed by atoms with E-state index < -0.39 is 17.6 Å². The van der Waals surface area contributed by atoms with Gasteiger partial charge in [0.25, 0.3) is 5.91 Å². The van der Waals surface area contributed by atoms with Gasteiger partial charge in [0.05, 0.1) is 26.3 Å². The number of thioether (sulfide) groups is 1. The van der Waals surface area contributed by atoms with Crippen LogP contribution in [0.2, 0.25) is 0 Å². The van der Waals surface area contributed by atoms with Gasteiger partial charge >= 0.3 is 6.18 Å². The first-order valence-electron chi connectivity index (χ1n) is 7.31. The van der Waals surface area contributed by atoms with Crippen LogP contribution in [0.15, 0.2) is 45.8 Å². The van der Waals surface area contributed by atoms with Crippen LogP contribution in [0.5, 0.6) is 5.75 Å². The lowest BCUT2D eigenvalue weighted by Gasteiger charge is -2.16. The highest BCUT2D eigenvalue weighted by atomic mass is 79.9. The molecule has 4 nitrogen and oxygen atoms in total. The number of hydrogen-bond donors (Lipinski definition) is 2. The summed E-state index contributed by atoms with van der Waals surface area (Å²) in [4.78, 5) is 14.0.